The molecule has 1 aliphatic heterocycles. The van der Waals surface area contributed by atoms with E-state index in [-0.39, 0.29) is 5.92 Å². The molecule has 1 saturated carbocycles. The van der Waals surface area contributed by atoms with Crippen molar-refractivity contribution in [2.45, 2.75) is 44.6 Å². The molecule has 2 fully saturated rings. The van der Waals surface area contributed by atoms with Crippen molar-refractivity contribution >= 4 is 17.7 Å². The van der Waals surface area contributed by atoms with E-state index in [4.69, 9.17) is 0 Å². The molecule has 2 rings (SSSR count). The van der Waals surface area contributed by atoms with Gasteiger partial charge in [0.15, 0.2) is 0 Å². The zero-order chi connectivity index (χ0) is 12.1. The van der Waals surface area contributed by atoms with Crippen molar-refractivity contribution in [1.29, 1.82) is 0 Å². The Morgan fingerprint density at radius 3 is 2.59 bits per heavy atom. The maximum Gasteiger partial charge on any atom is 0.306 e. The Balaban J connectivity index is 1.77. The molecule has 0 amide bonds. The third kappa shape index (κ3) is 3.88. The van der Waals surface area contributed by atoms with Gasteiger partial charge in [-0.3, -0.25) is 4.79 Å². The molecule has 2 aliphatic rings. The number of thioether (sulfide) groups is 1. The van der Waals surface area contributed by atoms with E-state index in [1.807, 2.05) is 11.8 Å². The van der Waals surface area contributed by atoms with E-state index in [0.29, 0.717) is 12.0 Å². The van der Waals surface area contributed by atoms with Gasteiger partial charge in [0.1, 0.15) is 0 Å². The number of hydrogen-bond acceptors (Lipinski definition) is 3. The first kappa shape index (κ1) is 13.2. The van der Waals surface area contributed by atoms with Crippen molar-refractivity contribution in [3.05, 3.63) is 0 Å². The maximum atomic E-state index is 11.2. The van der Waals surface area contributed by atoms with Crippen LogP contribution in [0.1, 0.15) is 38.5 Å². The molecule has 2 N–H and O–H groups in total. The minimum atomic E-state index is -0.587. The fraction of sp³-hybridized carbons (Fsp3) is 0.923. The third-order valence-corrected chi connectivity index (χ3v) is 5.17. The Labute approximate surface area is 108 Å². The number of carbonyl (C=O) groups is 1. The van der Waals surface area contributed by atoms with Crippen molar-refractivity contribution in [1.82, 2.24) is 5.32 Å². The van der Waals surface area contributed by atoms with Gasteiger partial charge in [-0.25, -0.2) is 0 Å². The quantitative estimate of drug-likeness (QED) is 0.812. The Kier molecular flexibility index (Phi) is 5.16. The fourth-order valence-corrected chi connectivity index (χ4v) is 4.10. The molecule has 0 bridgehead atoms. The van der Waals surface area contributed by atoms with Crippen molar-refractivity contribution < 1.29 is 9.90 Å². The van der Waals surface area contributed by atoms with Crippen molar-refractivity contribution in [2.75, 3.05) is 18.1 Å². The topological polar surface area (TPSA) is 49.3 Å². The lowest BCUT2D eigenvalue weighted by atomic mass is 9.79. The molecule has 17 heavy (non-hydrogen) atoms. The number of hydrogen-bond donors (Lipinski definition) is 2. The minimum absolute atomic E-state index is 0.103. The summed E-state index contributed by atoms with van der Waals surface area (Å²) in [5, 5.41) is 12.8. The predicted molar refractivity (Wildman–Crippen MR) is 71.4 cm³/mol. The van der Waals surface area contributed by atoms with Gasteiger partial charge in [-0.15, -0.1) is 0 Å². The average molecular weight is 257 g/mol. The molecular formula is C13H23NO2S. The molecule has 1 aliphatic carbocycles. The van der Waals surface area contributed by atoms with E-state index in [9.17, 15) is 9.90 Å². The summed E-state index contributed by atoms with van der Waals surface area (Å²) in [5.41, 5.74) is 0. The Bertz CT molecular complexity index is 254. The highest BCUT2D eigenvalue weighted by Gasteiger charge is 2.30. The van der Waals surface area contributed by atoms with Crippen LogP contribution in [0.2, 0.25) is 0 Å². The third-order valence-electron chi connectivity index (χ3n) is 4.12. The van der Waals surface area contributed by atoms with Crippen LogP contribution in [0.5, 0.6) is 0 Å². The first-order chi connectivity index (χ1) is 8.27. The standard InChI is InChI=1S/C13H23NO2S/c15-13(16)12-4-2-1-3-10(12)9-14-11-5-7-17-8-6-11/h10-12,14H,1-9H2,(H,15,16). The summed E-state index contributed by atoms with van der Waals surface area (Å²) in [6.07, 6.45) is 6.75. The lowest BCUT2D eigenvalue weighted by Crippen LogP contribution is -2.40. The van der Waals surface area contributed by atoms with Gasteiger partial charge in [0.05, 0.1) is 5.92 Å². The fourth-order valence-electron chi connectivity index (χ4n) is 3.00. The minimum Gasteiger partial charge on any atom is -0.481 e. The summed E-state index contributed by atoms with van der Waals surface area (Å²) in [5.74, 6) is 2.18. The van der Waals surface area contributed by atoms with Gasteiger partial charge in [-0.1, -0.05) is 12.8 Å². The van der Waals surface area contributed by atoms with Gasteiger partial charge in [0, 0.05) is 6.04 Å². The molecule has 4 heteroatoms. The Morgan fingerprint density at radius 1 is 1.18 bits per heavy atom. The molecule has 1 saturated heterocycles. The van der Waals surface area contributed by atoms with Crippen LogP contribution in [0.15, 0.2) is 0 Å². The maximum absolute atomic E-state index is 11.2. The second-order valence-electron chi connectivity index (χ2n) is 5.28. The van der Waals surface area contributed by atoms with Crippen LogP contribution >= 0.6 is 11.8 Å². The largest absolute Gasteiger partial charge is 0.481 e. The molecule has 98 valence electrons. The molecule has 2 unspecified atom stereocenters. The number of aliphatic carboxylic acids is 1. The highest BCUT2D eigenvalue weighted by atomic mass is 32.2. The van der Waals surface area contributed by atoms with Crippen molar-refractivity contribution in [3.8, 4) is 0 Å². The lowest BCUT2D eigenvalue weighted by Gasteiger charge is -2.31. The summed E-state index contributed by atoms with van der Waals surface area (Å²) in [4.78, 5) is 11.2. The lowest BCUT2D eigenvalue weighted by molar-refractivity contribution is -0.144. The summed E-state index contributed by atoms with van der Waals surface area (Å²) >= 11 is 2.03. The highest BCUT2D eigenvalue weighted by Crippen LogP contribution is 2.30. The number of nitrogens with one attached hydrogen (secondary N) is 1. The highest BCUT2D eigenvalue weighted by molar-refractivity contribution is 7.99. The first-order valence-corrected chi connectivity index (χ1v) is 7.97. The summed E-state index contributed by atoms with van der Waals surface area (Å²) < 4.78 is 0. The number of carboxylic acids is 1. The van der Waals surface area contributed by atoms with Gasteiger partial charge in [-0.2, -0.15) is 11.8 Å². The van der Waals surface area contributed by atoms with Crippen LogP contribution in [0.4, 0.5) is 0 Å². The van der Waals surface area contributed by atoms with Gasteiger partial charge in [0.2, 0.25) is 0 Å². The van der Waals surface area contributed by atoms with Gasteiger partial charge in [-0.05, 0) is 49.7 Å². The van der Waals surface area contributed by atoms with E-state index in [2.05, 4.69) is 5.32 Å². The van der Waals surface area contributed by atoms with Gasteiger partial charge >= 0.3 is 5.97 Å². The van der Waals surface area contributed by atoms with Gasteiger partial charge < -0.3 is 10.4 Å². The monoisotopic (exact) mass is 257 g/mol. The van der Waals surface area contributed by atoms with Crippen LogP contribution in [0.3, 0.4) is 0 Å². The molecule has 0 aromatic rings. The number of carboxylic acid groups (broad SMARTS) is 1. The second-order valence-corrected chi connectivity index (χ2v) is 6.51. The normalized spacial score (nSPS) is 31.3. The van der Waals surface area contributed by atoms with Crippen molar-refractivity contribution in [2.24, 2.45) is 11.8 Å². The van der Waals surface area contributed by atoms with Crippen LogP contribution in [-0.4, -0.2) is 35.2 Å². The molecule has 3 nitrogen and oxygen atoms in total. The zero-order valence-electron chi connectivity index (χ0n) is 10.4. The average Bonchev–Trinajstić information content (AvgIpc) is 2.38. The van der Waals surface area contributed by atoms with Crippen molar-refractivity contribution in [3.63, 3.8) is 0 Å². The molecule has 0 radical (unpaired) electrons. The van der Waals surface area contributed by atoms with E-state index >= 15 is 0 Å². The van der Waals surface area contributed by atoms with Crippen LogP contribution < -0.4 is 5.32 Å². The molecule has 2 atom stereocenters. The van der Waals surface area contributed by atoms with E-state index in [1.54, 1.807) is 0 Å². The molecule has 0 spiro atoms. The second kappa shape index (κ2) is 6.64. The molecule has 0 aromatic carbocycles. The van der Waals surface area contributed by atoms with E-state index in [0.717, 1.165) is 25.8 Å². The smallest absolute Gasteiger partial charge is 0.306 e. The Morgan fingerprint density at radius 2 is 1.88 bits per heavy atom. The molecule has 1 heterocycles. The van der Waals surface area contributed by atoms with Crippen LogP contribution in [-0.2, 0) is 4.79 Å². The van der Waals surface area contributed by atoms with Crippen LogP contribution in [0, 0.1) is 11.8 Å². The molecule has 0 aromatic heterocycles. The Hall–Kier alpha value is -0.220. The summed E-state index contributed by atoms with van der Waals surface area (Å²) in [6.45, 7) is 0.909. The zero-order valence-corrected chi connectivity index (χ0v) is 11.2. The predicted octanol–water partition coefficient (Wildman–Crippen LogP) is 2.36. The summed E-state index contributed by atoms with van der Waals surface area (Å²) in [6, 6.07) is 0.632. The first-order valence-electron chi connectivity index (χ1n) is 6.81. The van der Waals surface area contributed by atoms with E-state index < -0.39 is 5.97 Å². The van der Waals surface area contributed by atoms with E-state index in [1.165, 1.54) is 30.8 Å². The summed E-state index contributed by atoms with van der Waals surface area (Å²) in [7, 11) is 0. The SMILES string of the molecule is O=C(O)C1CCCCC1CNC1CCSCC1. The number of rotatable bonds is 4. The van der Waals surface area contributed by atoms with Crippen LogP contribution in [0.25, 0.3) is 0 Å². The molecular weight excluding hydrogens is 234 g/mol. The van der Waals surface area contributed by atoms with Gasteiger partial charge in [0.25, 0.3) is 0 Å².